The van der Waals surface area contributed by atoms with Crippen molar-refractivity contribution in [1.82, 2.24) is 14.4 Å². The molecule has 3 aromatic rings. The van der Waals surface area contributed by atoms with Gasteiger partial charge in [-0.25, -0.2) is 14.8 Å². The molecule has 5 nitrogen and oxygen atoms in total. The summed E-state index contributed by atoms with van der Waals surface area (Å²) in [5.74, 6) is -0.422. The Kier molecular flexibility index (Phi) is 2.44. The van der Waals surface area contributed by atoms with Crippen molar-refractivity contribution in [3.8, 4) is 0 Å². The Morgan fingerprint density at radius 2 is 2.17 bits per heavy atom. The number of rotatable bonds is 2. The zero-order chi connectivity index (χ0) is 12.5. The van der Waals surface area contributed by atoms with Crippen LogP contribution in [0.2, 0.25) is 0 Å². The SMILES string of the molecule is CCOC(=O)c1nc2ccccc2n2cncc12. The first-order chi connectivity index (χ1) is 8.81. The summed E-state index contributed by atoms with van der Waals surface area (Å²) in [5.41, 5.74) is 2.62. The summed E-state index contributed by atoms with van der Waals surface area (Å²) in [6, 6.07) is 7.60. The van der Waals surface area contributed by atoms with Crippen molar-refractivity contribution in [3.05, 3.63) is 42.5 Å². The van der Waals surface area contributed by atoms with Gasteiger partial charge in [0.05, 0.1) is 35.7 Å². The standard InChI is InChI=1S/C13H11N3O2/c1-2-18-13(17)12-11-7-14-8-16(11)10-6-4-3-5-9(10)15-12/h3-8H,2H2,1H3. The molecule has 0 aliphatic carbocycles. The second kappa shape index (κ2) is 4.10. The predicted octanol–water partition coefficient (Wildman–Crippen LogP) is 2.06. The third-order valence-corrected chi connectivity index (χ3v) is 2.72. The molecule has 0 spiro atoms. The van der Waals surface area contributed by atoms with Gasteiger partial charge in [-0.3, -0.25) is 4.40 Å². The third-order valence-electron chi connectivity index (χ3n) is 2.72. The van der Waals surface area contributed by atoms with Crippen LogP contribution in [-0.4, -0.2) is 26.9 Å². The summed E-state index contributed by atoms with van der Waals surface area (Å²) in [6.07, 6.45) is 3.29. The number of nitrogens with zero attached hydrogens (tertiary/aromatic N) is 3. The molecule has 0 saturated carbocycles. The lowest BCUT2D eigenvalue weighted by Gasteiger charge is -2.06. The molecule has 2 heterocycles. The Morgan fingerprint density at radius 1 is 1.33 bits per heavy atom. The number of hydrogen-bond donors (Lipinski definition) is 0. The van der Waals surface area contributed by atoms with Crippen LogP contribution in [0.25, 0.3) is 16.6 Å². The molecule has 1 aromatic carbocycles. The number of para-hydroxylation sites is 2. The van der Waals surface area contributed by atoms with E-state index in [0.717, 1.165) is 11.0 Å². The van der Waals surface area contributed by atoms with Gasteiger partial charge >= 0.3 is 5.97 Å². The zero-order valence-corrected chi connectivity index (χ0v) is 9.83. The number of aromatic nitrogens is 3. The Bertz CT molecular complexity index is 733. The van der Waals surface area contributed by atoms with Crippen molar-refractivity contribution >= 4 is 22.5 Å². The first kappa shape index (κ1) is 10.7. The minimum absolute atomic E-state index is 0.299. The third kappa shape index (κ3) is 1.52. The van der Waals surface area contributed by atoms with Gasteiger partial charge in [-0.15, -0.1) is 0 Å². The van der Waals surface area contributed by atoms with Crippen molar-refractivity contribution in [2.75, 3.05) is 6.61 Å². The van der Waals surface area contributed by atoms with E-state index >= 15 is 0 Å². The fraction of sp³-hybridized carbons (Fsp3) is 0.154. The highest BCUT2D eigenvalue weighted by Crippen LogP contribution is 2.18. The number of fused-ring (bicyclic) bond motifs is 3. The van der Waals surface area contributed by atoms with Gasteiger partial charge in [-0.1, -0.05) is 12.1 Å². The molecular formula is C13H11N3O2. The lowest BCUT2D eigenvalue weighted by molar-refractivity contribution is 0.0522. The molecule has 0 radical (unpaired) electrons. The van der Waals surface area contributed by atoms with Gasteiger partial charge in [0.25, 0.3) is 0 Å². The molecule has 0 fully saturated rings. The maximum absolute atomic E-state index is 11.9. The minimum Gasteiger partial charge on any atom is -0.461 e. The van der Waals surface area contributed by atoms with Crippen molar-refractivity contribution in [2.45, 2.75) is 6.92 Å². The molecule has 0 N–H and O–H groups in total. The maximum atomic E-state index is 11.9. The average Bonchev–Trinajstić information content (AvgIpc) is 2.87. The molecule has 18 heavy (non-hydrogen) atoms. The van der Waals surface area contributed by atoms with E-state index in [0.29, 0.717) is 17.8 Å². The Labute approximate surface area is 103 Å². The molecule has 0 bridgehead atoms. The number of hydrogen-bond acceptors (Lipinski definition) is 4. The van der Waals surface area contributed by atoms with Crippen LogP contribution in [0, 0.1) is 0 Å². The second-order valence-electron chi connectivity index (χ2n) is 3.82. The van der Waals surface area contributed by atoms with Gasteiger partial charge in [-0.05, 0) is 19.1 Å². The van der Waals surface area contributed by atoms with E-state index in [1.807, 2.05) is 28.7 Å². The molecule has 5 heteroatoms. The molecular weight excluding hydrogens is 230 g/mol. The van der Waals surface area contributed by atoms with Crippen molar-refractivity contribution < 1.29 is 9.53 Å². The van der Waals surface area contributed by atoms with E-state index in [4.69, 9.17) is 4.74 Å². The van der Waals surface area contributed by atoms with E-state index in [2.05, 4.69) is 9.97 Å². The minimum atomic E-state index is -0.422. The number of carbonyl (C=O) groups is 1. The number of carbonyl (C=O) groups excluding carboxylic acids is 1. The smallest absolute Gasteiger partial charge is 0.359 e. The summed E-state index contributed by atoms with van der Waals surface area (Å²) < 4.78 is 6.85. The van der Waals surface area contributed by atoms with E-state index in [1.165, 1.54) is 0 Å². The van der Waals surface area contributed by atoms with E-state index in [1.54, 1.807) is 19.4 Å². The van der Waals surface area contributed by atoms with E-state index in [9.17, 15) is 4.79 Å². The fourth-order valence-corrected chi connectivity index (χ4v) is 1.95. The van der Waals surface area contributed by atoms with Crippen LogP contribution < -0.4 is 0 Å². The average molecular weight is 241 g/mol. The number of imidazole rings is 1. The summed E-state index contributed by atoms with van der Waals surface area (Å²) in [4.78, 5) is 20.3. The van der Waals surface area contributed by atoms with Crippen LogP contribution in [0.3, 0.4) is 0 Å². The number of esters is 1. The Hall–Kier alpha value is -2.43. The van der Waals surface area contributed by atoms with Gasteiger partial charge in [0, 0.05) is 0 Å². The molecule has 0 saturated heterocycles. The number of benzene rings is 1. The van der Waals surface area contributed by atoms with Gasteiger partial charge in [-0.2, -0.15) is 0 Å². The zero-order valence-electron chi connectivity index (χ0n) is 9.83. The highest BCUT2D eigenvalue weighted by molar-refractivity contribution is 5.97. The van der Waals surface area contributed by atoms with Crippen molar-refractivity contribution in [3.63, 3.8) is 0 Å². The highest BCUT2D eigenvalue weighted by Gasteiger charge is 2.16. The van der Waals surface area contributed by atoms with Crippen LogP contribution in [0.5, 0.6) is 0 Å². The highest BCUT2D eigenvalue weighted by atomic mass is 16.5. The second-order valence-corrected chi connectivity index (χ2v) is 3.82. The molecule has 0 amide bonds. The predicted molar refractivity (Wildman–Crippen MR) is 66.4 cm³/mol. The van der Waals surface area contributed by atoms with Crippen LogP contribution >= 0.6 is 0 Å². The van der Waals surface area contributed by atoms with Gasteiger partial charge < -0.3 is 4.74 Å². The van der Waals surface area contributed by atoms with Gasteiger partial charge in [0.15, 0.2) is 5.69 Å². The normalized spacial score (nSPS) is 10.9. The van der Waals surface area contributed by atoms with Gasteiger partial charge in [0.2, 0.25) is 0 Å². The number of ether oxygens (including phenoxy) is 1. The monoisotopic (exact) mass is 241 g/mol. The van der Waals surface area contributed by atoms with Gasteiger partial charge in [0.1, 0.15) is 0 Å². The molecule has 90 valence electrons. The summed E-state index contributed by atoms with van der Waals surface area (Å²) in [5, 5.41) is 0. The van der Waals surface area contributed by atoms with Crippen LogP contribution in [0.15, 0.2) is 36.8 Å². The lowest BCUT2D eigenvalue weighted by Crippen LogP contribution is -2.09. The topological polar surface area (TPSA) is 56.5 Å². The van der Waals surface area contributed by atoms with Crippen LogP contribution in [0.4, 0.5) is 0 Å². The first-order valence-electron chi connectivity index (χ1n) is 5.69. The Morgan fingerprint density at radius 3 is 3.00 bits per heavy atom. The maximum Gasteiger partial charge on any atom is 0.359 e. The first-order valence-corrected chi connectivity index (χ1v) is 5.69. The molecule has 0 aliphatic rings. The van der Waals surface area contributed by atoms with Crippen molar-refractivity contribution in [2.24, 2.45) is 0 Å². The molecule has 0 aliphatic heterocycles. The van der Waals surface area contributed by atoms with E-state index < -0.39 is 5.97 Å². The fourth-order valence-electron chi connectivity index (χ4n) is 1.95. The lowest BCUT2D eigenvalue weighted by atomic mass is 10.2. The van der Waals surface area contributed by atoms with Crippen LogP contribution in [-0.2, 0) is 4.74 Å². The van der Waals surface area contributed by atoms with E-state index in [-0.39, 0.29) is 0 Å². The molecule has 0 unspecified atom stereocenters. The quantitative estimate of drug-likeness (QED) is 0.644. The largest absolute Gasteiger partial charge is 0.461 e. The van der Waals surface area contributed by atoms with Crippen molar-refractivity contribution in [1.29, 1.82) is 0 Å². The molecule has 0 atom stereocenters. The molecule has 2 aromatic heterocycles. The summed E-state index contributed by atoms with van der Waals surface area (Å²) in [6.45, 7) is 2.10. The Balaban J connectivity index is 2.35. The summed E-state index contributed by atoms with van der Waals surface area (Å²) >= 11 is 0. The molecule has 3 rings (SSSR count). The van der Waals surface area contributed by atoms with Crippen LogP contribution in [0.1, 0.15) is 17.4 Å². The summed E-state index contributed by atoms with van der Waals surface area (Å²) in [7, 11) is 0.